The highest BCUT2D eigenvalue weighted by molar-refractivity contribution is 7.09. The SMILES string of the molecule is C=CCN(CC(=O)N(CCc1ccc(OC)c(OC)c1)Cc1cccs1)C(=O)C(c1ccccc1)c1ccccc1. The highest BCUT2D eigenvalue weighted by Gasteiger charge is 2.29. The van der Waals surface area contributed by atoms with Crippen molar-refractivity contribution in [2.75, 3.05) is 33.9 Å². The molecule has 0 bridgehead atoms. The molecule has 7 heteroatoms. The van der Waals surface area contributed by atoms with Gasteiger partial charge in [-0.25, -0.2) is 0 Å². The number of methoxy groups -OCH3 is 2. The van der Waals surface area contributed by atoms with Crippen molar-refractivity contribution in [3.05, 3.63) is 131 Å². The lowest BCUT2D eigenvalue weighted by atomic mass is 9.90. The van der Waals surface area contributed by atoms with Crippen molar-refractivity contribution in [3.63, 3.8) is 0 Å². The fourth-order valence-corrected chi connectivity index (χ4v) is 5.50. The maximum absolute atomic E-state index is 14.1. The van der Waals surface area contributed by atoms with Gasteiger partial charge in [0.2, 0.25) is 11.8 Å². The maximum atomic E-state index is 14.1. The zero-order valence-electron chi connectivity index (χ0n) is 23.6. The van der Waals surface area contributed by atoms with Crippen LogP contribution in [0.2, 0.25) is 0 Å². The van der Waals surface area contributed by atoms with Crippen molar-refractivity contribution in [3.8, 4) is 11.5 Å². The molecule has 2 amide bonds. The van der Waals surface area contributed by atoms with Crippen LogP contribution < -0.4 is 9.47 Å². The number of thiophene rings is 1. The summed E-state index contributed by atoms with van der Waals surface area (Å²) in [5.41, 5.74) is 2.79. The minimum Gasteiger partial charge on any atom is -0.493 e. The van der Waals surface area contributed by atoms with Crippen LogP contribution in [-0.4, -0.2) is 55.5 Å². The zero-order chi connectivity index (χ0) is 29.0. The van der Waals surface area contributed by atoms with E-state index in [2.05, 4.69) is 6.58 Å². The highest BCUT2D eigenvalue weighted by Crippen LogP contribution is 2.29. The van der Waals surface area contributed by atoms with E-state index < -0.39 is 5.92 Å². The molecule has 0 unspecified atom stereocenters. The number of carbonyl (C=O) groups is 2. The minimum atomic E-state index is -0.525. The molecule has 0 aliphatic heterocycles. The van der Waals surface area contributed by atoms with Gasteiger partial charge >= 0.3 is 0 Å². The second kappa shape index (κ2) is 14.9. The van der Waals surface area contributed by atoms with Crippen LogP contribution in [0, 0.1) is 0 Å². The van der Waals surface area contributed by atoms with Crippen LogP contribution in [0.4, 0.5) is 0 Å². The fraction of sp³-hybridized carbons (Fsp3) is 0.235. The number of rotatable bonds is 14. The summed E-state index contributed by atoms with van der Waals surface area (Å²) in [6.45, 7) is 5.05. The van der Waals surface area contributed by atoms with Crippen LogP contribution >= 0.6 is 11.3 Å². The summed E-state index contributed by atoms with van der Waals surface area (Å²) in [5.74, 6) is 0.535. The Morgan fingerprint density at radius 1 is 0.854 bits per heavy atom. The highest BCUT2D eigenvalue weighted by atomic mass is 32.1. The maximum Gasteiger partial charge on any atom is 0.242 e. The van der Waals surface area contributed by atoms with Gasteiger partial charge in [-0.1, -0.05) is 78.9 Å². The Labute approximate surface area is 246 Å². The Bertz CT molecular complexity index is 1370. The number of nitrogens with zero attached hydrogens (tertiary/aromatic N) is 2. The summed E-state index contributed by atoms with van der Waals surface area (Å²) < 4.78 is 10.8. The Hall–Kier alpha value is -4.36. The Morgan fingerprint density at radius 3 is 2.07 bits per heavy atom. The molecule has 4 aromatic rings. The molecule has 4 rings (SSSR count). The Kier molecular flexibility index (Phi) is 10.7. The quantitative estimate of drug-likeness (QED) is 0.170. The van der Waals surface area contributed by atoms with Gasteiger partial charge in [-0.2, -0.15) is 0 Å². The van der Waals surface area contributed by atoms with Gasteiger partial charge in [-0.15, -0.1) is 17.9 Å². The van der Waals surface area contributed by atoms with Gasteiger partial charge in [0.05, 0.1) is 26.7 Å². The van der Waals surface area contributed by atoms with Gasteiger partial charge in [0.25, 0.3) is 0 Å². The summed E-state index contributed by atoms with van der Waals surface area (Å²) in [7, 11) is 3.22. The first kappa shape index (κ1) is 29.6. The third-order valence-electron chi connectivity index (χ3n) is 6.90. The molecule has 0 saturated carbocycles. The largest absolute Gasteiger partial charge is 0.493 e. The van der Waals surface area contributed by atoms with E-state index in [0.717, 1.165) is 21.6 Å². The first-order valence-electron chi connectivity index (χ1n) is 13.5. The fourth-order valence-electron chi connectivity index (χ4n) is 4.79. The van der Waals surface area contributed by atoms with E-state index in [1.165, 1.54) is 0 Å². The predicted molar refractivity (Wildman–Crippen MR) is 164 cm³/mol. The van der Waals surface area contributed by atoms with Crippen LogP contribution in [0.3, 0.4) is 0 Å². The van der Waals surface area contributed by atoms with Gasteiger partial charge in [-0.3, -0.25) is 9.59 Å². The molecule has 0 aliphatic carbocycles. The van der Waals surface area contributed by atoms with Crippen LogP contribution in [0.25, 0.3) is 0 Å². The molecule has 1 heterocycles. The molecule has 212 valence electrons. The van der Waals surface area contributed by atoms with Crippen LogP contribution in [0.1, 0.15) is 27.5 Å². The molecular formula is C34H36N2O4S. The lowest BCUT2D eigenvalue weighted by Crippen LogP contribution is -2.45. The molecular weight excluding hydrogens is 532 g/mol. The number of hydrogen-bond donors (Lipinski definition) is 0. The van der Waals surface area contributed by atoms with Crippen molar-refractivity contribution in [1.29, 1.82) is 0 Å². The number of benzene rings is 3. The number of ether oxygens (including phenoxy) is 2. The molecule has 0 N–H and O–H groups in total. The van der Waals surface area contributed by atoms with E-state index in [1.807, 2.05) is 101 Å². The van der Waals surface area contributed by atoms with E-state index in [-0.39, 0.29) is 24.9 Å². The van der Waals surface area contributed by atoms with E-state index in [9.17, 15) is 9.59 Å². The van der Waals surface area contributed by atoms with Crippen molar-refractivity contribution in [2.45, 2.75) is 18.9 Å². The van der Waals surface area contributed by atoms with Crippen molar-refractivity contribution >= 4 is 23.2 Å². The average molecular weight is 569 g/mol. The van der Waals surface area contributed by atoms with Gasteiger partial charge in [0.1, 0.15) is 6.54 Å². The lowest BCUT2D eigenvalue weighted by Gasteiger charge is -2.30. The number of amides is 2. The van der Waals surface area contributed by atoms with Gasteiger partial charge < -0.3 is 19.3 Å². The smallest absolute Gasteiger partial charge is 0.242 e. The average Bonchev–Trinajstić information content (AvgIpc) is 3.53. The summed E-state index contributed by atoms with van der Waals surface area (Å²) in [6.07, 6.45) is 2.30. The standard InChI is InChI=1S/C34H36N2O4S/c1-4-20-36(34(38)33(27-12-7-5-8-13-27)28-14-9-6-10-15-28)25-32(37)35(24-29-16-11-22-41-29)21-19-26-17-18-30(39-2)31(23-26)40-3/h4-18,22-23,33H,1,19-21,24-25H2,2-3H3. The van der Waals surface area contributed by atoms with Crippen LogP contribution in [0.5, 0.6) is 11.5 Å². The first-order chi connectivity index (χ1) is 20.0. The van der Waals surface area contributed by atoms with E-state index in [4.69, 9.17) is 9.47 Å². The summed E-state index contributed by atoms with van der Waals surface area (Å²) in [4.78, 5) is 32.5. The van der Waals surface area contributed by atoms with Crippen molar-refractivity contribution in [2.24, 2.45) is 0 Å². The molecule has 0 atom stereocenters. The molecule has 6 nitrogen and oxygen atoms in total. The molecule has 0 saturated heterocycles. The third kappa shape index (κ3) is 7.86. The normalized spacial score (nSPS) is 10.7. The predicted octanol–water partition coefficient (Wildman–Crippen LogP) is 6.18. The molecule has 41 heavy (non-hydrogen) atoms. The lowest BCUT2D eigenvalue weighted by molar-refractivity contribution is -0.140. The van der Waals surface area contributed by atoms with Crippen LogP contribution in [-0.2, 0) is 22.6 Å². The van der Waals surface area contributed by atoms with Crippen molar-refractivity contribution in [1.82, 2.24) is 9.80 Å². The zero-order valence-corrected chi connectivity index (χ0v) is 24.4. The van der Waals surface area contributed by atoms with E-state index >= 15 is 0 Å². The molecule has 0 aliphatic rings. The van der Waals surface area contributed by atoms with E-state index in [0.29, 0.717) is 31.0 Å². The second-order valence-electron chi connectivity index (χ2n) is 9.60. The molecule has 1 aromatic heterocycles. The molecule has 3 aromatic carbocycles. The summed E-state index contributed by atoms with van der Waals surface area (Å²) in [5, 5.41) is 2.00. The molecule has 0 fully saturated rings. The Balaban J connectivity index is 1.56. The number of carbonyl (C=O) groups excluding carboxylic acids is 2. The molecule has 0 radical (unpaired) electrons. The van der Waals surface area contributed by atoms with Gasteiger partial charge in [-0.05, 0) is 46.7 Å². The monoisotopic (exact) mass is 568 g/mol. The summed E-state index contributed by atoms with van der Waals surface area (Å²) in [6, 6.07) is 29.2. The number of hydrogen-bond acceptors (Lipinski definition) is 5. The summed E-state index contributed by atoms with van der Waals surface area (Å²) >= 11 is 1.61. The van der Waals surface area contributed by atoms with Crippen molar-refractivity contribution < 1.29 is 19.1 Å². The minimum absolute atomic E-state index is 0.0433. The third-order valence-corrected chi connectivity index (χ3v) is 7.76. The van der Waals surface area contributed by atoms with Crippen LogP contribution in [0.15, 0.2) is 109 Å². The topological polar surface area (TPSA) is 59.1 Å². The van der Waals surface area contributed by atoms with Gasteiger partial charge in [0.15, 0.2) is 11.5 Å². The van der Waals surface area contributed by atoms with E-state index in [1.54, 1.807) is 36.5 Å². The Morgan fingerprint density at radius 2 is 1.51 bits per heavy atom. The second-order valence-corrected chi connectivity index (χ2v) is 10.6. The molecule has 0 spiro atoms. The van der Waals surface area contributed by atoms with Gasteiger partial charge in [0, 0.05) is 18.0 Å². The first-order valence-corrected chi connectivity index (χ1v) is 14.4.